The topological polar surface area (TPSA) is 0 Å². The molecule has 0 amide bonds. The van der Waals surface area contributed by atoms with Crippen LogP contribution >= 0.6 is 15.8 Å². The number of benzene rings is 4. The van der Waals surface area contributed by atoms with Crippen LogP contribution in [-0.2, 0) is 0 Å². The summed E-state index contributed by atoms with van der Waals surface area (Å²) in [5.74, 6) is 0. The van der Waals surface area contributed by atoms with Crippen LogP contribution < -0.4 is 21.2 Å². The fourth-order valence-electron chi connectivity index (χ4n) is 5.68. The van der Waals surface area contributed by atoms with Crippen LogP contribution in [0, 0.1) is 27.7 Å². The quantitative estimate of drug-likeness (QED) is 0.220. The molecule has 0 fully saturated rings. The van der Waals surface area contributed by atoms with Gasteiger partial charge in [-0.25, -0.2) is 0 Å². The molecule has 0 saturated carbocycles. The highest BCUT2D eigenvalue weighted by molar-refractivity contribution is 7.75. The molecular formula is C35H36P2. The van der Waals surface area contributed by atoms with Crippen LogP contribution in [0.3, 0.4) is 0 Å². The molecule has 1 aliphatic rings. The number of hydrogen-bond acceptors (Lipinski definition) is 0. The van der Waals surface area contributed by atoms with E-state index >= 15 is 0 Å². The zero-order valence-corrected chi connectivity index (χ0v) is 24.3. The smallest absolute Gasteiger partial charge is 0.0273 e. The minimum atomic E-state index is -0.575. The van der Waals surface area contributed by atoms with Crippen molar-refractivity contribution in [3.8, 4) is 0 Å². The Hall–Kier alpha value is -2.78. The molecule has 0 aliphatic heterocycles. The standard InChI is InChI=1S/C35H36P2/c1-25-19-26(2)22-32(21-25)36(33-23-27(3)20-28(4)24-33)29(5)34-17-12-18-35(34)37(30-13-8-6-9-14-30)31-15-10-7-11-16-31/h6-24,29,35H,1-5H3/t29-,35+/m0/s1. The molecule has 0 nitrogen and oxygen atoms in total. The first kappa shape index (κ1) is 25.9. The summed E-state index contributed by atoms with van der Waals surface area (Å²) in [4.78, 5) is 0. The minimum Gasteiger partial charge on any atom is -0.0724 e. The summed E-state index contributed by atoms with van der Waals surface area (Å²) < 4.78 is 0. The summed E-state index contributed by atoms with van der Waals surface area (Å²) in [5, 5.41) is 5.86. The molecule has 2 atom stereocenters. The fraction of sp³-hybridized carbons (Fsp3) is 0.200. The maximum Gasteiger partial charge on any atom is 0.0273 e. The Kier molecular flexibility index (Phi) is 7.90. The van der Waals surface area contributed by atoms with Gasteiger partial charge in [0, 0.05) is 11.3 Å². The highest BCUT2D eigenvalue weighted by Crippen LogP contribution is 2.52. The van der Waals surface area contributed by atoms with Crippen molar-refractivity contribution in [1.29, 1.82) is 0 Å². The zero-order chi connectivity index (χ0) is 25.9. The Morgan fingerprint density at radius 1 is 0.568 bits per heavy atom. The Morgan fingerprint density at radius 2 is 1.00 bits per heavy atom. The predicted molar refractivity (Wildman–Crippen MR) is 168 cm³/mol. The number of aryl methyl sites for hydroxylation is 4. The molecule has 2 heteroatoms. The van der Waals surface area contributed by atoms with E-state index in [1.54, 1.807) is 5.57 Å². The van der Waals surface area contributed by atoms with E-state index in [-0.39, 0.29) is 0 Å². The number of allylic oxidation sites excluding steroid dienone is 4. The second-order valence-corrected chi connectivity index (χ2v) is 15.2. The normalized spacial score (nSPS) is 15.9. The van der Waals surface area contributed by atoms with Gasteiger partial charge >= 0.3 is 0 Å². The van der Waals surface area contributed by atoms with Crippen molar-refractivity contribution in [2.24, 2.45) is 0 Å². The van der Waals surface area contributed by atoms with Gasteiger partial charge in [0.15, 0.2) is 0 Å². The lowest BCUT2D eigenvalue weighted by molar-refractivity contribution is 1.07. The molecule has 5 rings (SSSR count). The van der Waals surface area contributed by atoms with Crippen molar-refractivity contribution in [2.75, 3.05) is 0 Å². The van der Waals surface area contributed by atoms with Crippen molar-refractivity contribution in [3.05, 3.63) is 143 Å². The Balaban J connectivity index is 1.62. The van der Waals surface area contributed by atoms with Crippen molar-refractivity contribution in [3.63, 3.8) is 0 Å². The Bertz CT molecular complexity index is 1300. The van der Waals surface area contributed by atoms with Crippen LogP contribution in [-0.4, -0.2) is 11.3 Å². The van der Waals surface area contributed by atoms with Crippen LogP contribution in [0.25, 0.3) is 0 Å². The summed E-state index contributed by atoms with van der Waals surface area (Å²) in [5.41, 5.74) is 7.81. The molecule has 0 N–H and O–H groups in total. The van der Waals surface area contributed by atoms with E-state index in [1.165, 1.54) is 43.5 Å². The van der Waals surface area contributed by atoms with E-state index in [1.807, 2.05) is 0 Å². The second-order valence-electron chi connectivity index (χ2n) is 10.3. The van der Waals surface area contributed by atoms with Gasteiger partial charge < -0.3 is 0 Å². The van der Waals surface area contributed by atoms with Crippen molar-refractivity contribution in [1.82, 2.24) is 0 Å². The summed E-state index contributed by atoms with van der Waals surface area (Å²) in [7, 11) is -1.13. The molecule has 0 saturated heterocycles. The first-order chi connectivity index (χ1) is 17.9. The SMILES string of the molecule is Cc1cc(C)cc(P(c2cc(C)cc(C)c2)[C@@H](C)C2=CC=C[C@H]2P(c2ccccc2)c2ccccc2)c1. The van der Waals surface area contributed by atoms with Gasteiger partial charge in [-0.2, -0.15) is 0 Å². The van der Waals surface area contributed by atoms with Crippen LogP contribution in [0.15, 0.2) is 121 Å². The molecule has 0 radical (unpaired) electrons. The van der Waals surface area contributed by atoms with Gasteiger partial charge in [-0.1, -0.05) is 150 Å². The monoisotopic (exact) mass is 518 g/mol. The molecule has 0 bridgehead atoms. The van der Waals surface area contributed by atoms with E-state index in [0.717, 1.165) is 0 Å². The average Bonchev–Trinajstić information content (AvgIpc) is 3.34. The average molecular weight is 519 g/mol. The summed E-state index contributed by atoms with van der Waals surface area (Å²) in [6.45, 7) is 11.4. The van der Waals surface area contributed by atoms with Gasteiger partial charge in [0.05, 0.1) is 0 Å². The van der Waals surface area contributed by atoms with Crippen LogP contribution in [0.1, 0.15) is 29.2 Å². The van der Waals surface area contributed by atoms with E-state index < -0.39 is 15.8 Å². The predicted octanol–water partition coefficient (Wildman–Crippen LogP) is 7.74. The van der Waals surface area contributed by atoms with Crippen LogP contribution in [0.5, 0.6) is 0 Å². The fourth-order valence-corrected chi connectivity index (χ4v) is 11.7. The first-order valence-electron chi connectivity index (χ1n) is 13.1. The van der Waals surface area contributed by atoms with Gasteiger partial charge in [-0.3, -0.25) is 0 Å². The van der Waals surface area contributed by atoms with E-state index in [9.17, 15) is 0 Å². The maximum absolute atomic E-state index is 2.48. The molecule has 186 valence electrons. The maximum atomic E-state index is 2.48. The van der Waals surface area contributed by atoms with Crippen molar-refractivity contribution >= 4 is 37.1 Å². The highest BCUT2D eigenvalue weighted by atomic mass is 31.1. The third-order valence-corrected chi connectivity index (χ3v) is 12.5. The van der Waals surface area contributed by atoms with Gasteiger partial charge in [-0.05, 0) is 64.8 Å². The lowest BCUT2D eigenvalue weighted by atomic mass is 10.1. The molecule has 4 aromatic rings. The molecule has 0 heterocycles. The van der Waals surface area contributed by atoms with Gasteiger partial charge in [0.25, 0.3) is 0 Å². The van der Waals surface area contributed by atoms with Crippen molar-refractivity contribution in [2.45, 2.75) is 45.9 Å². The minimum absolute atomic E-state index is 0.400. The lowest BCUT2D eigenvalue weighted by Crippen LogP contribution is -2.28. The summed E-state index contributed by atoms with van der Waals surface area (Å²) in [6.07, 6.45) is 7.21. The molecular weight excluding hydrogens is 482 g/mol. The number of hydrogen-bond donors (Lipinski definition) is 0. The van der Waals surface area contributed by atoms with Gasteiger partial charge in [0.2, 0.25) is 0 Å². The third-order valence-electron chi connectivity index (χ3n) is 7.11. The molecule has 4 aromatic carbocycles. The van der Waals surface area contributed by atoms with Gasteiger partial charge in [0.1, 0.15) is 0 Å². The second kappa shape index (κ2) is 11.3. The molecule has 1 aliphatic carbocycles. The third kappa shape index (κ3) is 5.72. The van der Waals surface area contributed by atoms with E-state index in [2.05, 4.69) is 150 Å². The highest BCUT2D eigenvalue weighted by Gasteiger charge is 2.34. The number of rotatable bonds is 7. The van der Waals surface area contributed by atoms with E-state index in [4.69, 9.17) is 0 Å². The van der Waals surface area contributed by atoms with Crippen LogP contribution in [0.4, 0.5) is 0 Å². The molecule has 0 unspecified atom stereocenters. The lowest BCUT2D eigenvalue weighted by Gasteiger charge is -2.34. The Morgan fingerprint density at radius 3 is 1.43 bits per heavy atom. The molecule has 0 spiro atoms. The van der Waals surface area contributed by atoms with E-state index in [0.29, 0.717) is 11.3 Å². The summed E-state index contributed by atoms with van der Waals surface area (Å²) in [6, 6.07) is 36.6. The molecule has 37 heavy (non-hydrogen) atoms. The zero-order valence-electron chi connectivity index (χ0n) is 22.5. The van der Waals surface area contributed by atoms with Gasteiger partial charge in [-0.15, -0.1) is 0 Å². The Labute approximate surface area is 225 Å². The summed E-state index contributed by atoms with van der Waals surface area (Å²) >= 11 is 0. The largest absolute Gasteiger partial charge is 0.0724 e. The molecule has 0 aromatic heterocycles. The van der Waals surface area contributed by atoms with Crippen molar-refractivity contribution < 1.29 is 0 Å². The van der Waals surface area contributed by atoms with Crippen LogP contribution in [0.2, 0.25) is 0 Å². The first-order valence-corrected chi connectivity index (χ1v) is 16.0.